The lowest BCUT2D eigenvalue weighted by Crippen LogP contribution is -2.39. The van der Waals surface area contributed by atoms with E-state index in [0.717, 1.165) is 71.6 Å². The summed E-state index contributed by atoms with van der Waals surface area (Å²) < 4.78 is 5.33. The molecule has 0 aromatic rings. The molecule has 122 valence electrons. The third-order valence-corrected chi connectivity index (χ3v) is 4.78. The minimum absolute atomic E-state index is 0.221. The van der Waals surface area contributed by atoms with Crippen LogP contribution in [0.2, 0.25) is 0 Å². The summed E-state index contributed by atoms with van der Waals surface area (Å²) in [6.45, 7) is 6.35. The van der Waals surface area contributed by atoms with E-state index in [4.69, 9.17) is 10.5 Å². The van der Waals surface area contributed by atoms with Crippen molar-refractivity contribution in [2.45, 2.75) is 38.5 Å². The predicted molar refractivity (Wildman–Crippen MR) is 84.0 cm³/mol. The molecule has 3 N–H and O–H groups in total. The predicted octanol–water partition coefficient (Wildman–Crippen LogP) is 0.980. The second kappa shape index (κ2) is 9.38. The number of amides is 1. The number of nitrogens with one attached hydrogen (secondary N) is 1. The normalized spacial score (nSPS) is 27.5. The van der Waals surface area contributed by atoms with E-state index in [0.29, 0.717) is 5.92 Å². The van der Waals surface area contributed by atoms with E-state index < -0.39 is 0 Å². The SMILES string of the molecule is NCCC1CCCC(C(=O)NCCCN2CCOCC2)C1. The Morgan fingerprint density at radius 2 is 2.10 bits per heavy atom. The van der Waals surface area contributed by atoms with Gasteiger partial charge in [-0.15, -0.1) is 0 Å². The number of morpholine rings is 1. The zero-order chi connectivity index (χ0) is 14.9. The zero-order valence-electron chi connectivity index (χ0n) is 13.2. The summed E-state index contributed by atoms with van der Waals surface area (Å²) in [5.41, 5.74) is 5.64. The van der Waals surface area contributed by atoms with Crippen LogP contribution in [0.1, 0.15) is 38.5 Å². The average Bonchev–Trinajstić information content (AvgIpc) is 2.53. The van der Waals surface area contributed by atoms with E-state index in [1.165, 1.54) is 12.8 Å². The molecule has 0 bridgehead atoms. The number of rotatable bonds is 7. The summed E-state index contributed by atoms with van der Waals surface area (Å²) in [5.74, 6) is 1.14. The molecular weight excluding hydrogens is 266 g/mol. The van der Waals surface area contributed by atoms with E-state index >= 15 is 0 Å². The molecule has 1 saturated carbocycles. The van der Waals surface area contributed by atoms with E-state index in [1.54, 1.807) is 0 Å². The Labute approximate surface area is 128 Å². The van der Waals surface area contributed by atoms with Gasteiger partial charge in [0.15, 0.2) is 0 Å². The summed E-state index contributed by atoms with van der Waals surface area (Å²) in [6.07, 6.45) is 6.61. The number of hydrogen-bond donors (Lipinski definition) is 2. The maximum atomic E-state index is 12.2. The van der Waals surface area contributed by atoms with Crippen molar-refractivity contribution in [2.75, 3.05) is 45.9 Å². The van der Waals surface area contributed by atoms with Gasteiger partial charge in [0.1, 0.15) is 0 Å². The van der Waals surface area contributed by atoms with Gasteiger partial charge in [0.25, 0.3) is 0 Å². The third kappa shape index (κ3) is 5.93. The van der Waals surface area contributed by atoms with Gasteiger partial charge in [0.2, 0.25) is 5.91 Å². The molecule has 2 unspecified atom stereocenters. The van der Waals surface area contributed by atoms with E-state index in [-0.39, 0.29) is 11.8 Å². The van der Waals surface area contributed by atoms with Crippen molar-refractivity contribution in [1.82, 2.24) is 10.2 Å². The highest BCUT2D eigenvalue weighted by atomic mass is 16.5. The van der Waals surface area contributed by atoms with Crippen LogP contribution in [-0.4, -0.2) is 56.7 Å². The summed E-state index contributed by atoms with van der Waals surface area (Å²) in [7, 11) is 0. The van der Waals surface area contributed by atoms with Crippen LogP contribution >= 0.6 is 0 Å². The molecule has 1 aliphatic carbocycles. The van der Waals surface area contributed by atoms with Crippen LogP contribution in [0.15, 0.2) is 0 Å². The molecule has 5 heteroatoms. The van der Waals surface area contributed by atoms with Gasteiger partial charge >= 0.3 is 0 Å². The summed E-state index contributed by atoms with van der Waals surface area (Å²) >= 11 is 0. The summed E-state index contributed by atoms with van der Waals surface area (Å²) in [4.78, 5) is 14.6. The first-order chi connectivity index (χ1) is 10.3. The molecule has 0 aromatic heterocycles. The number of carbonyl (C=O) groups is 1. The minimum atomic E-state index is 0.221. The zero-order valence-corrected chi connectivity index (χ0v) is 13.2. The van der Waals surface area contributed by atoms with E-state index in [1.807, 2.05) is 0 Å². The van der Waals surface area contributed by atoms with Crippen LogP contribution in [0, 0.1) is 11.8 Å². The average molecular weight is 297 g/mol. The summed E-state index contributed by atoms with van der Waals surface area (Å²) in [5, 5.41) is 3.13. The van der Waals surface area contributed by atoms with Gasteiger partial charge < -0.3 is 15.8 Å². The molecule has 0 radical (unpaired) electrons. The maximum Gasteiger partial charge on any atom is 0.223 e. The van der Waals surface area contributed by atoms with Gasteiger partial charge in [-0.05, 0) is 44.7 Å². The Morgan fingerprint density at radius 3 is 2.86 bits per heavy atom. The molecule has 1 heterocycles. The lowest BCUT2D eigenvalue weighted by molar-refractivity contribution is -0.126. The number of nitrogens with zero attached hydrogens (tertiary/aromatic N) is 1. The topological polar surface area (TPSA) is 67.6 Å². The van der Waals surface area contributed by atoms with Crippen LogP contribution in [0.5, 0.6) is 0 Å². The minimum Gasteiger partial charge on any atom is -0.379 e. The third-order valence-electron chi connectivity index (χ3n) is 4.78. The molecule has 2 atom stereocenters. The number of nitrogens with two attached hydrogens (primary N) is 1. The van der Waals surface area contributed by atoms with Crippen molar-refractivity contribution >= 4 is 5.91 Å². The van der Waals surface area contributed by atoms with E-state index in [9.17, 15) is 4.79 Å². The van der Waals surface area contributed by atoms with Crippen molar-refractivity contribution in [2.24, 2.45) is 17.6 Å². The van der Waals surface area contributed by atoms with Gasteiger partial charge in [0, 0.05) is 25.6 Å². The molecule has 1 aliphatic heterocycles. The maximum absolute atomic E-state index is 12.2. The Bertz CT molecular complexity index is 304. The van der Waals surface area contributed by atoms with Crippen LogP contribution in [0.25, 0.3) is 0 Å². The fourth-order valence-corrected chi connectivity index (χ4v) is 3.51. The fraction of sp³-hybridized carbons (Fsp3) is 0.938. The Balaban J connectivity index is 1.58. The second-order valence-corrected chi connectivity index (χ2v) is 6.41. The molecule has 21 heavy (non-hydrogen) atoms. The first-order valence-corrected chi connectivity index (χ1v) is 8.57. The summed E-state index contributed by atoms with van der Waals surface area (Å²) in [6, 6.07) is 0. The van der Waals surface area contributed by atoms with Crippen molar-refractivity contribution < 1.29 is 9.53 Å². The molecule has 0 spiro atoms. The van der Waals surface area contributed by atoms with Crippen molar-refractivity contribution in [3.05, 3.63) is 0 Å². The van der Waals surface area contributed by atoms with Crippen LogP contribution < -0.4 is 11.1 Å². The first-order valence-electron chi connectivity index (χ1n) is 8.57. The monoisotopic (exact) mass is 297 g/mol. The Hall–Kier alpha value is -0.650. The van der Waals surface area contributed by atoms with Gasteiger partial charge in [-0.1, -0.05) is 12.8 Å². The number of ether oxygens (including phenoxy) is 1. The van der Waals surface area contributed by atoms with Gasteiger partial charge in [-0.3, -0.25) is 9.69 Å². The molecule has 0 aromatic carbocycles. The lowest BCUT2D eigenvalue weighted by Gasteiger charge is -2.28. The standard InChI is InChI=1S/C16H31N3O2/c17-6-5-14-3-1-4-15(13-14)16(20)18-7-2-8-19-9-11-21-12-10-19/h14-15H,1-13,17H2,(H,18,20). The smallest absolute Gasteiger partial charge is 0.223 e. The molecule has 1 saturated heterocycles. The Kier molecular flexibility index (Phi) is 7.47. The molecule has 1 amide bonds. The Morgan fingerprint density at radius 1 is 1.29 bits per heavy atom. The fourth-order valence-electron chi connectivity index (χ4n) is 3.51. The molecule has 2 aliphatic rings. The lowest BCUT2D eigenvalue weighted by atomic mass is 9.79. The first kappa shape index (κ1) is 16.7. The molecule has 2 fully saturated rings. The highest BCUT2D eigenvalue weighted by Gasteiger charge is 2.26. The quantitative estimate of drug-likeness (QED) is 0.688. The second-order valence-electron chi connectivity index (χ2n) is 6.41. The molecule has 2 rings (SSSR count). The largest absolute Gasteiger partial charge is 0.379 e. The molecule has 5 nitrogen and oxygen atoms in total. The van der Waals surface area contributed by atoms with Crippen LogP contribution in [0.3, 0.4) is 0 Å². The van der Waals surface area contributed by atoms with Crippen molar-refractivity contribution in [1.29, 1.82) is 0 Å². The van der Waals surface area contributed by atoms with Crippen molar-refractivity contribution in [3.8, 4) is 0 Å². The highest BCUT2D eigenvalue weighted by molar-refractivity contribution is 5.78. The molecular formula is C16H31N3O2. The van der Waals surface area contributed by atoms with Gasteiger partial charge in [0.05, 0.1) is 13.2 Å². The number of carbonyl (C=O) groups excluding carboxylic acids is 1. The van der Waals surface area contributed by atoms with Crippen molar-refractivity contribution in [3.63, 3.8) is 0 Å². The van der Waals surface area contributed by atoms with Gasteiger partial charge in [-0.25, -0.2) is 0 Å². The number of hydrogen-bond acceptors (Lipinski definition) is 4. The van der Waals surface area contributed by atoms with Crippen LogP contribution in [-0.2, 0) is 9.53 Å². The highest BCUT2D eigenvalue weighted by Crippen LogP contribution is 2.30. The van der Waals surface area contributed by atoms with Crippen LogP contribution in [0.4, 0.5) is 0 Å². The van der Waals surface area contributed by atoms with E-state index in [2.05, 4.69) is 10.2 Å². The van der Waals surface area contributed by atoms with Gasteiger partial charge in [-0.2, -0.15) is 0 Å².